The van der Waals surface area contributed by atoms with Crippen molar-refractivity contribution in [2.24, 2.45) is 0 Å². The second-order valence-electron chi connectivity index (χ2n) is 5.19. The predicted octanol–water partition coefficient (Wildman–Crippen LogP) is 5.39. The fourth-order valence-corrected chi connectivity index (χ4v) is 3.47. The smallest absolute Gasteiger partial charge is 0.154 e. The summed E-state index contributed by atoms with van der Waals surface area (Å²) in [6.45, 7) is 0. The molecule has 0 radical (unpaired) electrons. The number of nitrogens with zero attached hydrogens (tertiary/aromatic N) is 2. The van der Waals surface area contributed by atoms with Gasteiger partial charge in [-0.05, 0) is 42.5 Å². The molecule has 24 heavy (non-hydrogen) atoms. The number of pyridine rings is 2. The molecule has 0 amide bonds. The molecule has 118 valence electrons. The van der Waals surface area contributed by atoms with Crippen LogP contribution in [0.15, 0.2) is 61.1 Å². The quantitative estimate of drug-likeness (QED) is 0.536. The van der Waals surface area contributed by atoms with Gasteiger partial charge in [0.25, 0.3) is 0 Å². The Balaban J connectivity index is 1.74. The number of nitrogens with two attached hydrogens (primary N) is 1. The normalized spacial score (nSPS) is 10.9. The molecule has 4 aromatic rings. The van der Waals surface area contributed by atoms with E-state index in [1.165, 1.54) is 0 Å². The van der Waals surface area contributed by atoms with Crippen molar-refractivity contribution in [2.75, 3.05) is 5.73 Å². The van der Waals surface area contributed by atoms with Crippen molar-refractivity contribution in [1.29, 1.82) is 0 Å². The summed E-state index contributed by atoms with van der Waals surface area (Å²) >= 11 is 7.53. The van der Waals surface area contributed by atoms with Crippen LogP contribution < -0.4 is 10.5 Å². The van der Waals surface area contributed by atoms with Crippen molar-refractivity contribution < 1.29 is 4.74 Å². The van der Waals surface area contributed by atoms with Gasteiger partial charge in [-0.2, -0.15) is 0 Å². The Labute approximate surface area is 147 Å². The van der Waals surface area contributed by atoms with Crippen LogP contribution in [-0.4, -0.2) is 9.97 Å². The van der Waals surface area contributed by atoms with E-state index in [4.69, 9.17) is 22.1 Å². The highest BCUT2D eigenvalue weighted by Crippen LogP contribution is 2.38. The Hall–Kier alpha value is -2.63. The molecule has 0 fully saturated rings. The van der Waals surface area contributed by atoms with E-state index in [2.05, 4.69) is 16.0 Å². The first-order valence-corrected chi connectivity index (χ1v) is 8.41. The van der Waals surface area contributed by atoms with Crippen molar-refractivity contribution >= 4 is 38.7 Å². The van der Waals surface area contributed by atoms with Crippen LogP contribution in [0.1, 0.15) is 0 Å². The second-order valence-corrected chi connectivity index (χ2v) is 6.71. The first-order valence-electron chi connectivity index (χ1n) is 7.22. The van der Waals surface area contributed by atoms with Crippen molar-refractivity contribution in [2.45, 2.75) is 0 Å². The number of aromatic nitrogens is 2. The molecule has 0 bridgehead atoms. The first-order chi connectivity index (χ1) is 11.7. The number of fused-ring (bicyclic) bond motifs is 1. The van der Waals surface area contributed by atoms with E-state index in [-0.39, 0.29) is 0 Å². The van der Waals surface area contributed by atoms with Gasteiger partial charge in [-0.25, -0.2) is 0 Å². The van der Waals surface area contributed by atoms with Crippen molar-refractivity contribution in [1.82, 2.24) is 9.97 Å². The van der Waals surface area contributed by atoms with E-state index in [0.717, 1.165) is 20.7 Å². The predicted molar refractivity (Wildman–Crippen MR) is 98.8 cm³/mol. The molecule has 1 aromatic carbocycles. The molecule has 4 nitrogen and oxygen atoms in total. The Morgan fingerprint density at radius 3 is 2.58 bits per heavy atom. The van der Waals surface area contributed by atoms with E-state index in [0.29, 0.717) is 22.2 Å². The lowest BCUT2D eigenvalue weighted by Crippen LogP contribution is -1.86. The standard InChI is InChI=1S/C18H12ClN3OS/c19-11-1-4-13(5-2-11)23-16-9-21-10-18-14(16)7-17(24-18)15-6-3-12(20)8-22-15/h1-10H,20H2. The number of rotatable bonds is 3. The van der Waals surface area contributed by atoms with Gasteiger partial charge in [0, 0.05) is 16.6 Å². The highest BCUT2D eigenvalue weighted by Gasteiger charge is 2.11. The number of halogens is 1. The third kappa shape index (κ3) is 2.91. The molecular formula is C18H12ClN3OS. The Bertz CT molecular complexity index is 997. The molecule has 0 saturated heterocycles. The number of nitrogen functional groups attached to an aromatic ring is 1. The maximum Gasteiger partial charge on any atom is 0.154 e. The number of benzene rings is 1. The summed E-state index contributed by atoms with van der Waals surface area (Å²) in [7, 11) is 0. The zero-order valence-corrected chi connectivity index (χ0v) is 14.0. The lowest BCUT2D eigenvalue weighted by molar-refractivity contribution is 0.486. The van der Waals surface area contributed by atoms with Gasteiger partial charge >= 0.3 is 0 Å². The van der Waals surface area contributed by atoms with Crippen LogP contribution in [0, 0.1) is 0 Å². The minimum Gasteiger partial charge on any atom is -0.455 e. The van der Waals surface area contributed by atoms with Crippen LogP contribution in [-0.2, 0) is 0 Å². The molecule has 0 spiro atoms. The van der Waals surface area contributed by atoms with Gasteiger partial charge in [0.2, 0.25) is 0 Å². The lowest BCUT2D eigenvalue weighted by Gasteiger charge is -2.06. The number of anilines is 1. The van der Waals surface area contributed by atoms with E-state index in [1.54, 1.807) is 35.9 Å². The summed E-state index contributed by atoms with van der Waals surface area (Å²) in [5.41, 5.74) is 7.23. The van der Waals surface area contributed by atoms with Gasteiger partial charge in [0.1, 0.15) is 5.75 Å². The van der Waals surface area contributed by atoms with Crippen LogP contribution in [0.25, 0.3) is 20.7 Å². The second kappa shape index (κ2) is 6.11. The van der Waals surface area contributed by atoms with E-state index in [1.807, 2.05) is 30.5 Å². The minimum absolute atomic E-state index is 0.647. The molecular weight excluding hydrogens is 342 g/mol. The van der Waals surface area contributed by atoms with Gasteiger partial charge in [-0.3, -0.25) is 9.97 Å². The Kier molecular flexibility index (Phi) is 3.80. The van der Waals surface area contributed by atoms with Gasteiger partial charge in [0.15, 0.2) is 5.75 Å². The zero-order chi connectivity index (χ0) is 16.5. The fourth-order valence-electron chi connectivity index (χ4n) is 2.32. The lowest BCUT2D eigenvalue weighted by atomic mass is 10.2. The van der Waals surface area contributed by atoms with Crippen molar-refractivity contribution in [3.8, 4) is 22.1 Å². The monoisotopic (exact) mass is 353 g/mol. The Morgan fingerprint density at radius 2 is 1.83 bits per heavy atom. The van der Waals surface area contributed by atoms with Crippen LogP contribution in [0.4, 0.5) is 5.69 Å². The first kappa shape index (κ1) is 14.9. The number of ether oxygens (including phenoxy) is 1. The molecule has 0 aliphatic rings. The van der Waals surface area contributed by atoms with E-state index >= 15 is 0 Å². The molecule has 3 aromatic heterocycles. The number of hydrogen-bond acceptors (Lipinski definition) is 5. The van der Waals surface area contributed by atoms with Crippen LogP contribution >= 0.6 is 22.9 Å². The summed E-state index contributed by atoms with van der Waals surface area (Å²) in [4.78, 5) is 9.68. The highest BCUT2D eigenvalue weighted by atomic mass is 35.5. The molecule has 0 aliphatic heterocycles. The number of thiophene rings is 1. The van der Waals surface area contributed by atoms with Crippen LogP contribution in [0.2, 0.25) is 5.02 Å². The average molecular weight is 354 g/mol. The topological polar surface area (TPSA) is 61.0 Å². The van der Waals surface area contributed by atoms with Gasteiger partial charge in [-0.1, -0.05) is 11.6 Å². The molecule has 2 N–H and O–H groups in total. The summed E-state index contributed by atoms with van der Waals surface area (Å²) in [6, 6.07) is 13.1. The van der Waals surface area contributed by atoms with Gasteiger partial charge < -0.3 is 10.5 Å². The minimum atomic E-state index is 0.647. The summed E-state index contributed by atoms with van der Waals surface area (Å²) in [5, 5.41) is 1.67. The largest absolute Gasteiger partial charge is 0.455 e. The molecule has 0 atom stereocenters. The maximum atomic E-state index is 5.96. The summed E-state index contributed by atoms with van der Waals surface area (Å²) in [5.74, 6) is 1.42. The fraction of sp³-hybridized carbons (Fsp3) is 0. The molecule has 6 heteroatoms. The van der Waals surface area contributed by atoms with Crippen LogP contribution in [0.5, 0.6) is 11.5 Å². The molecule has 0 unspecified atom stereocenters. The maximum absolute atomic E-state index is 5.96. The van der Waals surface area contributed by atoms with Gasteiger partial charge in [0.05, 0.1) is 33.4 Å². The molecule has 0 saturated carbocycles. The van der Waals surface area contributed by atoms with Crippen LogP contribution in [0.3, 0.4) is 0 Å². The average Bonchev–Trinajstić information content (AvgIpc) is 3.03. The summed E-state index contributed by atoms with van der Waals surface area (Å²) in [6.07, 6.45) is 5.20. The highest BCUT2D eigenvalue weighted by molar-refractivity contribution is 7.22. The molecule has 0 aliphatic carbocycles. The van der Waals surface area contributed by atoms with Gasteiger partial charge in [-0.15, -0.1) is 11.3 Å². The third-order valence-corrected chi connectivity index (χ3v) is 4.83. The summed E-state index contributed by atoms with van der Waals surface area (Å²) < 4.78 is 7.00. The van der Waals surface area contributed by atoms with Crippen molar-refractivity contribution in [3.05, 3.63) is 66.1 Å². The SMILES string of the molecule is Nc1ccc(-c2cc3c(Oc4ccc(Cl)cc4)cncc3s2)nc1. The molecule has 4 rings (SSSR count). The third-order valence-electron chi connectivity index (χ3n) is 3.49. The number of hydrogen-bond donors (Lipinski definition) is 1. The van der Waals surface area contributed by atoms with E-state index < -0.39 is 0 Å². The van der Waals surface area contributed by atoms with E-state index in [9.17, 15) is 0 Å². The molecule has 3 heterocycles. The zero-order valence-electron chi connectivity index (χ0n) is 12.4. The Morgan fingerprint density at radius 1 is 1.00 bits per heavy atom. The van der Waals surface area contributed by atoms with Crippen molar-refractivity contribution in [3.63, 3.8) is 0 Å².